The molecule has 0 saturated carbocycles. The number of hydrogen-bond donors (Lipinski definition) is 2. The fourth-order valence-corrected chi connectivity index (χ4v) is 2.24. The lowest BCUT2D eigenvalue weighted by Gasteiger charge is -2.27. The molecule has 1 rings (SSSR count). The molecule has 0 aliphatic carbocycles. The number of hydrogen-bond acceptors (Lipinski definition) is 5. The van der Waals surface area contributed by atoms with Crippen molar-refractivity contribution in [3.63, 3.8) is 0 Å². The van der Waals surface area contributed by atoms with Crippen LogP contribution in [0.3, 0.4) is 0 Å². The van der Waals surface area contributed by atoms with Crippen LogP contribution in [0.4, 0.5) is 13.2 Å². The maximum absolute atomic E-state index is 12.4. The lowest BCUT2D eigenvalue weighted by Crippen LogP contribution is -2.35. The predicted octanol–water partition coefficient (Wildman–Crippen LogP) is 2.48. The lowest BCUT2D eigenvalue weighted by atomic mass is 9.98. The summed E-state index contributed by atoms with van der Waals surface area (Å²) < 4.78 is 42.6. The summed E-state index contributed by atoms with van der Waals surface area (Å²) in [7, 11) is 1.54. The zero-order valence-corrected chi connectivity index (χ0v) is 11.2. The minimum absolute atomic E-state index is 0.423. The van der Waals surface area contributed by atoms with Crippen molar-refractivity contribution in [2.45, 2.75) is 38.1 Å². The summed E-state index contributed by atoms with van der Waals surface area (Å²) in [6.45, 7) is 3.67. The van der Waals surface area contributed by atoms with Crippen LogP contribution in [-0.4, -0.2) is 17.7 Å². The molecule has 1 unspecified atom stereocenters. The van der Waals surface area contributed by atoms with Gasteiger partial charge in [-0.15, -0.1) is 11.3 Å². The normalized spacial score (nSPS) is 14.8. The van der Waals surface area contributed by atoms with Crippen LogP contribution in [0.1, 0.15) is 36.2 Å². The highest BCUT2D eigenvalue weighted by atomic mass is 32.1. The summed E-state index contributed by atoms with van der Waals surface area (Å²) in [6, 6.07) is -0.423. The van der Waals surface area contributed by atoms with Gasteiger partial charge in [-0.3, -0.25) is 11.3 Å². The molecule has 0 radical (unpaired) electrons. The fourth-order valence-electron chi connectivity index (χ4n) is 1.40. The van der Waals surface area contributed by atoms with Gasteiger partial charge in [0.05, 0.1) is 11.6 Å². The van der Waals surface area contributed by atoms with E-state index in [1.165, 1.54) is 6.20 Å². The molecule has 0 amide bonds. The van der Waals surface area contributed by atoms with E-state index in [1.807, 2.05) is 13.8 Å². The minimum Gasteiger partial charge on any atom is -0.379 e. The van der Waals surface area contributed by atoms with Gasteiger partial charge in [0.1, 0.15) is 0 Å². The number of rotatable bonds is 5. The van der Waals surface area contributed by atoms with Crippen LogP contribution in [0, 0.1) is 0 Å². The first kappa shape index (κ1) is 15.4. The predicted molar refractivity (Wildman–Crippen MR) is 62.9 cm³/mol. The van der Waals surface area contributed by atoms with E-state index in [4.69, 9.17) is 10.6 Å². The Morgan fingerprint density at radius 1 is 1.50 bits per heavy atom. The first-order chi connectivity index (χ1) is 8.19. The van der Waals surface area contributed by atoms with Gasteiger partial charge < -0.3 is 4.74 Å². The Balaban J connectivity index is 2.87. The SMILES string of the molecule is COC(C)(C)CC(NN)c1cnc(C(F)(F)F)s1. The maximum atomic E-state index is 12.4. The van der Waals surface area contributed by atoms with E-state index in [0.717, 1.165) is 0 Å². The van der Waals surface area contributed by atoms with Crippen molar-refractivity contribution in [2.24, 2.45) is 5.84 Å². The van der Waals surface area contributed by atoms with Crippen LogP contribution in [0.15, 0.2) is 6.20 Å². The number of nitrogens with two attached hydrogens (primary N) is 1. The minimum atomic E-state index is -4.42. The molecule has 0 aliphatic rings. The Bertz CT molecular complexity index is 392. The number of halogens is 3. The number of hydrazine groups is 1. The molecule has 0 aliphatic heterocycles. The average Bonchev–Trinajstić information content (AvgIpc) is 2.74. The summed E-state index contributed by atoms with van der Waals surface area (Å²) in [6.07, 6.45) is -2.78. The lowest BCUT2D eigenvalue weighted by molar-refractivity contribution is -0.137. The highest BCUT2D eigenvalue weighted by Gasteiger charge is 2.35. The molecule has 0 aromatic carbocycles. The highest BCUT2D eigenvalue weighted by molar-refractivity contribution is 7.11. The summed E-state index contributed by atoms with van der Waals surface area (Å²) in [5, 5.41) is -0.868. The second-order valence-corrected chi connectivity index (χ2v) is 5.51. The second-order valence-electron chi connectivity index (χ2n) is 4.45. The van der Waals surface area contributed by atoms with E-state index in [2.05, 4.69) is 10.4 Å². The number of alkyl halides is 3. The maximum Gasteiger partial charge on any atom is 0.443 e. The Kier molecular flexibility index (Phi) is 4.71. The number of methoxy groups -OCH3 is 1. The first-order valence-electron chi connectivity index (χ1n) is 5.24. The van der Waals surface area contributed by atoms with Crippen molar-refractivity contribution in [1.29, 1.82) is 0 Å². The molecule has 1 heterocycles. The quantitative estimate of drug-likeness (QED) is 0.644. The summed E-state index contributed by atoms with van der Waals surface area (Å²) in [5.74, 6) is 5.38. The van der Waals surface area contributed by atoms with Gasteiger partial charge in [0, 0.05) is 18.2 Å². The molecule has 18 heavy (non-hydrogen) atoms. The Hall–Kier alpha value is -0.700. The molecule has 1 aromatic rings. The molecular weight excluding hydrogens is 267 g/mol. The topological polar surface area (TPSA) is 60.2 Å². The van der Waals surface area contributed by atoms with Crippen molar-refractivity contribution >= 4 is 11.3 Å². The third-order valence-electron chi connectivity index (χ3n) is 2.56. The van der Waals surface area contributed by atoms with Gasteiger partial charge in [-0.25, -0.2) is 4.98 Å². The molecular formula is C10H16F3N3OS. The van der Waals surface area contributed by atoms with E-state index < -0.39 is 22.8 Å². The molecule has 104 valence electrons. The molecule has 4 nitrogen and oxygen atoms in total. The third kappa shape index (κ3) is 3.91. The van der Waals surface area contributed by atoms with Crippen LogP contribution in [0.2, 0.25) is 0 Å². The van der Waals surface area contributed by atoms with Gasteiger partial charge in [0.2, 0.25) is 0 Å². The van der Waals surface area contributed by atoms with Crippen LogP contribution < -0.4 is 11.3 Å². The van der Waals surface area contributed by atoms with Crippen molar-refractivity contribution < 1.29 is 17.9 Å². The van der Waals surface area contributed by atoms with E-state index in [9.17, 15) is 13.2 Å². The average molecular weight is 283 g/mol. The monoisotopic (exact) mass is 283 g/mol. The molecule has 0 saturated heterocycles. The van der Waals surface area contributed by atoms with E-state index >= 15 is 0 Å². The number of nitrogens with zero attached hydrogens (tertiary/aromatic N) is 1. The zero-order chi connectivity index (χ0) is 14.0. The first-order valence-corrected chi connectivity index (χ1v) is 6.05. The largest absolute Gasteiger partial charge is 0.443 e. The van der Waals surface area contributed by atoms with Gasteiger partial charge in [-0.1, -0.05) is 0 Å². The third-order valence-corrected chi connectivity index (χ3v) is 3.71. The number of thiazole rings is 1. The number of aromatic nitrogens is 1. The fraction of sp³-hybridized carbons (Fsp3) is 0.700. The van der Waals surface area contributed by atoms with Crippen LogP contribution >= 0.6 is 11.3 Å². The van der Waals surface area contributed by atoms with Gasteiger partial charge in [-0.2, -0.15) is 13.2 Å². The highest BCUT2D eigenvalue weighted by Crippen LogP contribution is 2.36. The molecule has 3 N–H and O–H groups in total. The second kappa shape index (κ2) is 5.52. The molecule has 0 fully saturated rings. The van der Waals surface area contributed by atoms with Crippen LogP contribution in [0.5, 0.6) is 0 Å². The number of nitrogens with one attached hydrogen (secondary N) is 1. The molecule has 1 aromatic heterocycles. The van der Waals surface area contributed by atoms with Gasteiger partial charge in [-0.05, 0) is 20.3 Å². The zero-order valence-electron chi connectivity index (χ0n) is 10.3. The standard InChI is InChI=1S/C10H16F3N3OS/c1-9(2,17-3)4-6(16-14)7-5-15-8(18-7)10(11,12)13/h5-6,16H,4,14H2,1-3H3. The molecule has 1 atom stereocenters. The Labute approximate surface area is 107 Å². The van der Waals surface area contributed by atoms with Gasteiger partial charge in [0.25, 0.3) is 0 Å². The van der Waals surface area contributed by atoms with Crippen molar-refractivity contribution in [3.05, 3.63) is 16.1 Å². The van der Waals surface area contributed by atoms with E-state index in [1.54, 1.807) is 7.11 Å². The van der Waals surface area contributed by atoms with Crippen molar-refractivity contribution in [2.75, 3.05) is 7.11 Å². The molecule has 0 spiro atoms. The Morgan fingerprint density at radius 3 is 2.50 bits per heavy atom. The number of ether oxygens (including phenoxy) is 1. The van der Waals surface area contributed by atoms with Crippen molar-refractivity contribution in [3.8, 4) is 0 Å². The molecule has 8 heteroatoms. The van der Waals surface area contributed by atoms with E-state index in [-0.39, 0.29) is 0 Å². The smallest absolute Gasteiger partial charge is 0.379 e. The summed E-state index contributed by atoms with van der Waals surface area (Å²) in [5.41, 5.74) is 2.01. The van der Waals surface area contributed by atoms with Crippen LogP contribution in [0.25, 0.3) is 0 Å². The van der Waals surface area contributed by atoms with Gasteiger partial charge >= 0.3 is 6.18 Å². The summed E-state index contributed by atoms with van der Waals surface area (Å²) in [4.78, 5) is 3.81. The molecule has 0 bridgehead atoms. The van der Waals surface area contributed by atoms with Gasteiger partial charge in [0.15, 0.2) is 5.01 Å². The van der Waals surface area contributed by atoms with Crippen LogP contribution in [-0.2, 0) is 10.9 Å². The van der Waals surface area contributed by atoms with E-state index in [0.29, 0.717) is 22.6 Å². The summed E-state index contributed by atoms with van der Waals surface area (Å²) >= 11 is 0.590. The Morgan fingerprint density at radius 2 is 2.11 bits per heavy atom. The van der Waals surface area contributed by atoms with Crippen molar-refractivity contribution in [1.82, 2.24) is 10.4 Å².